The SMILES string of the molecule is C=CC(=O)Nc1ccc(Cl)cc1Cl. The van der Waals surface area contributed by atoms with Gasteiger partial charge in [-0.1, -0.05) is 29.8 Å². The second-order valence-corrected chi connectivity index (χ2v) is 3.16. The zero-order valence-corrected chi connectivity index (χ0v) is 8.19. The fraction of sp³-hybridized carbons (Fsp3) is 0. The minimum atomic E-state index is -0.302. The molecule has 0 atom stereocenters. The number of carbonyl (C=O) groups is 1. The number of hydrogen-bond acceptors (Lipinski definition) is 1. The molecule has 1 aromatic carbocycles. The number of amides is 1. The van der Waals surface area contributed by atoms with Crippen molar-refractivity contribution in [1.82, 2.24) is 0 Å². The molecule has 68 valence electrons. The lowest BCUT2D eigenvalue weighted by molar-refractivity contribution is -0.111. The van der Waals surface area contributed by atoms with Crippen molar-refractivity contribution in [2.75, 3.05) is 5.32 Å². The maximum atomic E-state index is 10.9. The summed E-state index contributed by atoms with van der Waals surface area (Å²) in [6.45, 7) is 3.32. The zero-order chi connectivity index (χ0) is 9.84. The molecule has 1 amide bonds. The third-order valence-corrected chi connectivity index (χ3v) is 1.92. The Labute approximate surface area is 86.2 Å². The van der Waals surface area contributed by atoms with E-state index in [-0.39, 0.29) is 5.91 Å². The second-order valence-electron chi connectivity index (χ2n) is 2.32. The van der Waals surface area contributed by atoms with Crippen LogP contribution in [0.5, 0.6) is 0 Å². The Morgan fingerprint density at radius 1 is 1.46 bits per heavy atom. The molecule has 0 aliphatic rings. The van der Waals surface area contributed by atoms with Gasteiger partial charge in [0.2, 0.25) is 5.91 Å². The van der Waals surface area contributed by atoms with Crippen LogP contribution in [0, 0.1) is 0 Å². The molecule has 13 heavy (non-hydrogen) atoms. The number of rotatable bonds is 2. The predicted molar refractivity (Wildman–Crippen MR) is 55.3 cm³/mol. The van der Waals surface area contributed by atoms with Gasteiger partial charge in [-0.3, -0.25) is 4.79 Å². The molecule has 2 nitrogen and oxygen atoms in total. The van der Waals surface area contributed by atoms with Crippen LogP contribution in [0.3, 0.4) is 0 Å². The van der Waals surface area contributed by atoms with E-state index < -0.39 is 0 Å². The van der Waals surface area contributed by atoms with E-state index in [0.29, 0.717) is 15.7 Å². The summed E-state index contributed by atoms with van der Waals surface area (Å²) in [5.41, 5.74) is 0.524. The van der Waals surface area contributed by atoms with E-state index in [2.05, 4.69) is 11.9 Å². The molecule has 0 fully saturated rings. The lowest BCUT2D eigenvalue weighted by Crippen LogP contribution is -2.07. The van der Waals surface area contributed by atoms with Crippen LogP contribution in [-0.4, -0.2) is 5.91 Å². The summed E-state index contributed by atoms with van der Waals surface area (Å²) < 4.78 is 0. The Bertz CT molecular complexity index is 349. The normalized spacial score (nSPS) is 9.38. The molecule has 0 spiro atoms. The molecule has 0 aliphatic carbocycles. The molecular weight excluding hydrogens is 209 g/mol. The van der Waals surface area contributed by atoms with Crippen molar-refractivity contribution in [1.29, 1.82) is 0 Å². The molecule has 0 saturated heterocycles. The van der Waals surface area contributed by atoms with Gasteiger partial charge in [-0.15, -0.1) is 0 Å². The van der Waals surface area contributed by atoms with Crippen LogP contribution in [0.15, 0.2) is 30.9 Å². The first-order valence-electron chi connectivity index (χ1n) is 3.52. The van der Waals surface area contributed by atoms with Gasteiger partial charge >= 0.3 is 0 Å². The lowest BCUT2D eigenvalue weighted by atomic mass is 10.3. The number of benzene rings is 1. The maximum Gasteiger partial charge on any atom is 0.247 e. The summed E-state index contributed by atoms with van der Waals surface area (Å²) in [6, 6.07) is 4.83. The Morgan fingerprint density at radius 2 is 2.15 bits per heavy atom. The van der Waals surface area contributed by atoms with Crippen molar-refractivity contribution in [3.63, 3.8) is 0 Å². The van der Waals surface area contributed by atoms with Crippen LogP contribution < -0.4 is 5.32 Å². The van der Waals surface area contributed by atoms with Gasteiger partial charge in [-0.05, 0) is 24.3 Å². The van der Waals surface area contributed by atoms with E-state index >= 15 is 0 Å². The second kappa shape index (κ2) is 4.30. The average molecular weight is 216 g/mol. The van der Waals surface area contributed by atoms with Crippen LogP contribution in [0.4, 0.5) is 5.69 Å². The number of nitrogens with one attached hydrogen (secondary N) is 1. The molecule has 1 aromatic rings. The Balaban J connectivity index is 2.89. The van der Waals surface area contributed by atoms with Gasteiger partial charge in [0.25, 0.3) is 0 Å². The minimum absolute atomic E-state index is 0.302. The predicted octanol–water partition coefficient (Wildman–Crippen LogP) is 3.12. The summed E-state index contributed by atoms with van der Waals surface area (Å²) in [4.78, 5) is 10.9. The zero-order valence-electron chi connectivity index (χ0n) is 6.68. The molecule has 0 radical (unpaired) electrons. The summed E-state index contributed by atoms with van der Waals surface area (Å²) in [5, 5.41) is 3.47. The Hall–Kier alpha value is -0.990. The third kappa shape index (κ3) is 2.76. The smallest absolute Gasteiger partial charge is 0.247 e. The highest BCUT2D eigenvalue weighted by Gasteiger charge is 2.02. The van der Waals surface area contributed by atoms with E-state index in [4.69, 9.17) is 23.2 Å². The summed E-state index contributed by atoms with van der Waals surface area (Å²) in [7, 11) is 0. The van der Waals surface area contributed by atoms with Crippen molar-refractivity contribution in [2.24, 2.45) is 0 Å². The van der Waals surface area contributed by atoms with Gasteiger partial charge in [0, 0.05) is 5.02 Å². The van der Waals surface area contributed by atoms with Crippen LogP contribution in [0.25, 0.3) is 0 Å². The van der Waals surface area contributed by atoms with Crippen LogP contribution in [0.2, 0.25) is 10.0 Å². The molecular formula is C9H7Cl2NO. The highest BCUT2D eigenvalue weighted by molar-refractivity contribution is 6.36. The summed E-state index contributed by atoms with van der Waals surface area (Å²) in [5.74, 6) is -0.302. The van der Waals surface area contributed by atoms with Crippen molar-refractivity contribution >= 4 is 34.8 Å². The first-order valence-corrected chi connectivity index (χ1v) is 4.27. The summed E-state index contributed by atoms with van der Waals surface area (Å²) >= 11 is 11.5. The van der Waals surface area contributed by atoms with Gasteiger partial charge in [0.05, 0.1) is 10.7 Å². The number of hydrogen-bond donors (Lipinski definition) is 1. The highest BCUT2D eigenvalue weighted by Crippen LogP contribution is 2.25. The number of halogens is 2. The lowest BCUT2D eigenvalue weighted by Gasteiger charge is -2.04. The van der Waals surface area contributed by atoms with E-state index in [9.17, 15) is 4.79 Å². The third-order valence-electron chi connectivity index (χ3n) is 1.37. The van der Waals surface area contributed by atoms with E-state index in [0.717, 1.165) is 0 Å². The summed E-state index contributed by atoms with van der Waals surface area (Å²) in [6.07, 6.45) is 1.17. The fourth-order valence-corrected chi connectivity index (χ4v) is 1.23. The Kier molecular flexibility index (Phi) is 3.34. The topological polar surface area (TPSA) is 29.1 Å². The van der Waals surface area contributed by atoms with Crippen LogP contribution in [-0.2, 0) is 4.79 Å². The van der Waals surface area contributed by atoms with Gasteiger partial charge in [0.1, 0.15) is 0 Å². The standard InChI is InChI=1S/C9H7Cl2NO/c1-2-9(13)12-8-4-3-6(10)5-7(8)11/h2-5H,1H2,(H,12,13). The van der Waals surface area contributed by atoms with Crippen LogP contribution >= 0.6 is 23.2 Å². The van der Waals surface area contributed by atoms with Crippen molar-refractivity contribution in [2.45, 2.75) is 0 Å². The van der Waals surface area contributed by atoms with Gasteiger partial charge < -0.3 is 5.32 Å². The van der Waals surface area contributed by atoms with Gasteiger partial charge in [-0.2, -0.15) is 0 Å². The first kappa shape index (κ1) is 10.1. The van der Waals surface area contributed by atoms with Crippen molar-refractivity contribution in [3.05, 3.63) is 40.9 Å². The van der Waals surface area contributed by atoms with Crippen molar-refractivity contribution < 1.29 is 4.79 Å². The highest BCUT2D eigenvalue weighted by atomic mass is 35.5. The van der Waals surface area contributed by atoms with E-state index in [1.807, 2.05) is 0 Å². The van der Waals surface area contributed by atoms with E-state index in [1.165, 1.54) is 6.08 Å². The number of carbonyl (C=O) groups excluding carboxylic acids is 1. The first-order chi connectivity index (χ1) is 6.13. The molecule has 0 aromatic heterocycles. The molecule has 0 saturated carbocycles. The minimum Gasteiger partial charge on any atom is -0.321 e. The quantitative estimate of drug-likeness (QED) is 0.756. The monoisotopic (exact) mass is 215 g/mol. The molecule has 0 bridgehead atoms. The molecule has 0 heterocycles. The molecule has 0 unspecified atom stereocenters. The van der Waals surface area contributed by atoms with Crippen molar-refractivity contribution in [3.8, 4) is 0 Å². The maximum absolute atomic E-state index is 10.9. The van der Waals surface area contributed by atoms with Gasteiger partial charge in [-0.25, -0.2) is 0 Å². The molecule has 1 N–H and O–H groups in total. The molecule has 1 rings (SSSR count). The van der Waals surface area contributed by atoms with E-state index in [1.54, 1.807) is 18.2 Å². The Morgan fingerprint density at radius 3 is 2.69 bits per heavy atom. The largest absolute Gasteiger partial charge is 0.321 e. The van der Waals surface area contributed by atoms with Gasteiger partial charge in [0.15, 0.2) is 0 Å². The number of anilines is 1. The molecule has 0 aliphatic heterocycles. The van der Waals surface area contributed by atoms with Crippen LogP contribution in [0.1, 0.15) is 0 Å². The average Bonchev–Trinajstić information content (AvgIpc) is 2.09. The molecule has 4 heteroatoms. The fourth-order valence-electron chi connectivity index (χ4n) is 0.775.